The van der Waals surface area contributed by atoms with Crippen molar-refractivity contribution in [3.05, 3.63) is 33.9 Å². The molecule has 4 rings (SSSR count). The maximum atomic E-state index is 17.2. The number of carbonyl (C=O) groups is 2. The van der Waals surface area contributed by atoms with E-state index in [9.17, 15) is 33.2 Å². The average Bonchev–Trinajstić information content (AvgIpc) is 2.95. The third kappa shape index (κ3) is 3.43. The fraction of sp³-hybridized carbons (Fsp3) is 0.739. The van der Waals surface area contributed by atoms with Gasteiger partial charge in [-0.15, -0.1) is 10.1 Å². The zero-order valence-electron chi connectivity index (χ0n) is 20.0. The molecule has 0 saturated heterocycles. The Bertz CT molecular complexity index is 1150. The number of aliphatic hydroxyl groups is 1. The van der Waals surface area contributed by atoms with E-state index in [1.807, 2.05) is 0 Å². The van der Waals surface area contributed by atoms with Gasteiger partial charge >= 0.3 is 0 Å². The van der Waals surface area contributed by atoms with Crippen molar-refractivity contribution in [3.63, 3.8) is 0 Å². The van der Waals surface area contributed by atoms with Gasteiger partial charge in [-0.05, 0) is 56.6 Å². The van der Waals surface area contributed by atoms with E-state index in [1.54, 1.807) is 20.8 Å². The van der Waals surface area contributed by atoms with E-state index in [2.05, 4.69) is 4.18 Å². The van der Waals surface area contributed by atoms with Crippen LogP contribution in [0.2, 0.25) is 0 Å². The summed E-state index contributed by atoms with van der Waals surface area (Å²) in [7, 11) is -4.03. The van der Waals surface area contributed by atoms with Crippen LogP contribution in [0.15, 0.2) is 23.8 Å². The van der Waals surface area contributed by atoms with E-state index in [4.69, 9.17) is 4.84 Å². The minimum atomic E-state index is -4.03. The summed E-state index contributed by atoms with van der Waals surface area (Å²) < 4.78 is 44.9. The van der Waals surface area contributed by atoms with Gasteiger partial charge < -0.3 is 5.11 Å². The second-order valence-corrected chi connectivity index (χ2v) is 12.5. The van der Waals surface area contributed by atoms with E-state index in [1.165, 1.54) is 18.2 Å². The van der Waals surface area contributed by atoms with Crippen molar-refractivity contribution in [1.29, 1.82) is 0 Å². The zero-order valence-corrected chi connectivity index (χ0v) is 20.8. The van der Waals surface area contributed by atoms with Crippen LogP contribution in [0, 0.1) is 38.7 Å². The fourth-order valence-corrected chi connectivity index (χ4v) is 8.08. The van der Waals surface area contributed by atoms with Crippen LogP contribution in [0.25, 0.3) is 0 Å². The number of allylic oxidation sites excluding steroid dienone is 4. The van der Waals surface area contributed by atoms with Crippen LogP contribution >= 0.6 is 0 Å². The fourth-order valence-electron chi connectivity index (χ4n) is 7.76. The quantitative estimate of drug-likeness (QED) is 0.319. The van der Waals surface area contributed by atoms with Crippen LogP contribution in [0.3, 0.4) is 0 Å². The molecule has 0 aliphatic heterocycles. The lowest BCUT2D eigenvalue weighted by Crippen LogP contribution is -2.70. The number of alkyl halides is 1. The van der Waals surface area contributed by atoms with Crippen molar-refractivity contribution in [2.24, 2.45) is 28.6 Å². The van der Waals surface area contributed by atoms with Crippen LogP contribution in [-0.4, -0.2) is 60.4 Å². The number of carbonyl (C=O) groups excluding carboxylic acids is 2. The Balaban J connectivity index is 1.82. The molecule has 0 spiro atoms. The number of hydrogen-bond acceptors (Lipinski definition) is 9. The Labute approximate surface area is 202 Å². The average molecular weight is 516 g/mol. The molecular weight excluding hydrogens is 485 g/mol. The molecule has 0 aromatic carbocycles. The number of rotatable bonds is 6. The molecule has 4 aliphatic carbocycles. The highest BCUT2D eigenvalue weighted by Gasteiger charge is 2.77. The molecule has 0 amide bonds. The predicted octanol–water partition coefficient (Wildman–Crippen LogP) is 2.10. The van der Waals surface area contributed by atoms with Crippen LogP contribution in [-0.2, 0) is 28.7 Å². The van der Waals surface area contributed by atoms with Crippen molar-refractivity contribution < 1.29 is 41.6 Å². The number of aliphatic hydroxyl groups excluding tert-OH is 1. The number of ketones is 2. The molecule has 3 saturated carbocycles. The molecule has 12 heteroatoms. The Morgan fingerprint density at radius 2 is 2.00 bits per heavy atom. The number of hydrogen-bond donors (Lipinski definition) is 1. The van der Waals surface area contributed by atoms with Gasteiger partial charge in [0.1, 0.15) is 6.61 Å². The summed E-state index contributed by atoms with van der Waals surface area (Å²) in [6.07, 6.45) is 3.82. The van der Waals surface area contributed by atoms with E-state index in [-0.39, 0.29) is 25.0 Å². The van der Waals surface area contributed by atoms with Crippen LogP contribution in [0.1, 0.15) is 46.5 Å². The molecule has 0 heterocycles. The Morgan fingerprint density at radius 1 is 1.34 bits per heavy atom. The molecule has 3 fully saturated rings. The highest BCUT2D eigenvalue weighted by molar-refractivity contribution is 7.86. The van der Waals surface area contributed by atoms with Gasteiger partial charge in [-0.3, -0.25) is 18.6 Å². The smallest absolute Gasteiger partial charge is 0.295 e. The van der Waals surface area contributed by atoms with Crippen molar-refractivity contribution in [1.82, 2.24) is 0 Å². The van der Waals surface area contributed by atoms with Crippen molar-refractivity contribution in [2.45, 2.75) is 63.8 Å². The molecule has 10 nitrogen and oxygen atoms in total. The van der Waals surface area contributed by atoms with Gasteiger partial charge in [0.2, 0.25) is 0 Å². The first-order valence-corrected chi connectivity index (χ1v) is 13.4. The second kappa shape index (κ2) is 7.91. The standard InChI is InChI=1S/C23H30FNO9S/c1-13-9-17-16-6-5-14-10-15(26)7-8-20(14,2)22(16,24)18(27)11-21(17,3)23(13,34-25(29)30)19(28)12-33-35(4,31)32/h7-8,10,13,16-18,27H,5-6,9,11-12H2,1-4H3/t13-,16+,17+,18+,20+,21+,22+,23+/m1/s1. The van der Waals surface area contributed by atoms with E-state index in [0.717, 1.165) is 6.26 Å². The third-order valence-electron chi connectivity index (χ3n) is 9.22. The molecular formula is C23H30FNO9S. The highest BCUT2D eigenvalue weighted by Crippen LogP contribution is 2.71. The summed E-state index contributed by atoms with van der Waals surface area (Å²) in [5, 5.41) is 21.9. The minimum absolute atomic E-state index is 0.190. The molecule has 1 N–H and O–H groups in total. The summed E-state index contributed by atoms with van der Waals surface area (Å²) in [4.78, 5) is 42.1. The molecule has 35 heavy (non-hydrogen) atoms. The summed E-state index contributed by atoms with van der Waals surface area (Å²) in [6.45, 7) is 3.81. The topological polar surface area (TPSA) is 150 Å². The zero-order chi connectivity index (χ0) is 26.2. The highest BCUT2D eigenvalue weighted by atomic mass is 32.2. The number of Topliss-reactive ketones (excluding diaryl/α,β-unsaturated/α-hetero) is 1. The number of nitrogens with zero attached hydrogens (tertiary/aromatic N) is 1. The SMILES string of the molecule is C[C@@H]1C[C@H]2[C@@H]3CCC4=CC(=O)C=C[C@]4(C)[C@@]3(F)[C@@H](O)C[C@]2(C)[C@@]1(O[N+](=O)[O-])C(=O)COS(C)(=O)=O. The molecule has 0 bridgehead atoms. The first-order valence-electron chi connectivity index (χ1n) is 11.6. The Kier molecular flexibility index (Phi) is 5.85. The van der Waals surface area contributed by atoms with Crippen molar-refractivity contribution >= 4 is 21.7 Å². The van der Waals surface area contributed by atoms with Gasteiger partial charge in [0.05, 0.1) is 12.4 Å². The molecule has 0 unspecified atom stereocenters. The molecule has 194 valence electrons. The largest absolute Gasteiger partial charge is 0.390 e. The van der Waals surface area contributed by atoms with Gasteiger partial charge in [0, 0.05) is 16.7 Å². The lowest BCUT2D eigenvalue weighted by atomic mass is 9.44. The third-order valence-corrected chi connectivity index (χ3v) is 9.76. The summed E-state index contributed by atoms with van der Waals surface area (Å²) in [6, 6.07) is 0. The maximum absolute atomic E-state index is 17.2. The van der Waals surface area contributed by atoms with Gasteiger partial charge in [-0.25, -0.2) is 4.39 Å². The van der Waals surface area contributed by atoms with E-state index < -0.39 is 73.6 Å². The molecule has 0 aromatic heterocycles. The first kappa shape index (κ1) is 25.9. The number of fused-ring (bicyclic) bond motifs is 5. The van der Waals surface area contributed by atoms with Gasteiger partial charge in [0.25, 0.3) is 15.2 Å². The summed E-state index contributed by atoms with van der Waals surface area (Å²) in [5.41, 5.74) is -6.38. The summed E-state index contributed by atoms with van der Waals surface area (Å²) in [5.74, 6) is -3.38. The van der Waals surface area contributed by atoms with Crippen LogP contribution < -0.4 is 0 Å². The Hall–Kier alpha value is -2.18. The van der Waals surface area contributed by atoms with E-state index >= 15 is 4.39 Å². The van der Waals surface area contributed by atoms with Gasteiger partial charge in [0.15, 0.2) is 22.8 Å². The summed E-state index contributed by atoms with van der Waals surface area (Å²) >= 11 is 0. The second-order valence-electron chi connectivity index (χ2n) is 10.8. The van der Waals surface area contributed by atoms with Gasteiger partial charge in [-0.1, -0.05) is 25.5 Å². The van der Waals surface area contributed by atoms with Crippen molar-refractivity contribution in [2.75, 3.05) is 12.9 Å². The van der Waals surface area contributed by atoms with Crippen LogP contribution in [0.4, 0.5) is 4.39 Å². The molecule has 0 aromatic rings. The lowest BCUT2D eigenvalue weighted by molar-refractivity contribution is -0.782. The first-order chi connectivity index (χ1) is 16.0. The monoisotopic (exact) mass is 515 g/mol. The Morgan fingerprint density at radius 3 is 2.60 bits per heavy atom. The number of halogens is 1. The predicted molar refractivity (Wildman–Crippen MR) is 120 cm³/mol. The molecule has 4 aliphatic rings. The van der Waals surface area contributed by atoms with Gasteiger partial charge in [-0.2, -0.15) is 8.42 Å². The molecule has 0 radical (unpaired) electrons. The van der Waals surface area contributed by atoms with E-state index in [0.29, 0.717) is 12.0 Å². The minimum Gasteiger partial charge on any atom is -0.390 e. The van der Waals surface area contributed by atoms with Crippen LogP contribution in [0.5, 0.6) is 0 Å². The molecule has 8 atom stereocenters. The van der Waals surface area contributed by atoms with Crippen molar-refractivity contribution in [3.8, 4) is 0 Å². The lowest BCUT2D eigenvalue weighted by Gasteiger charge is -2.62. The maximum Gasteiger partial charge on any atom is 0.295 e. The normalized spacial score (nSPS) is 44.6.